The topological polar surface area (TPSA) is 92.4 Å². The Bertz CT molecular complexity index is 219. The molecule has 4 N–H and O–H groups in total. The second-order valence-corrected chi connectivity index (χ2v) is 3.85. The maximum absolute atomic E-state index is 11.3. The van der Waals surface area contributed by atoms with Crippen molar-refractivity contribution in [2.45, 2.75) is 39.2 Å². The number of carboxylic acids is 1. The molecule has 0 aliphatic heterocycles. The van der Waals surface area contributed by atoms with E-state index in [4.69, 9.17) is 10.8 Å². The van der Waals surface area contributed by atoms with Crippen LogP contribution in [-0.4, -0.2) is 29.6 Å². The summed E-state index contributed by atoms with van der Waals surface area (Å²) in [5.41, 5.74) is 5.38. The van der Waals surface area contributed by atoms with E-state index in [2.05, 4.69) is 5.32 Å². The molecule has 0 aromatic carbocycles. The fraction of sp³-hybridized carbons (Fsp3) is 0.800. The molecule has 15 heavy (non-hydrogen) atoms. The van der Waals surface area contributed by atoms with Crippen molar-refractivity contribution >= 4 is 11.9 Å². The molecule has 0 radical (unpaired) electrons. The van der Waals surface area contributed by atoms with Gasteiger partial charge in [0.2, 0.25) is 5.91 Å². The minimum absolute atomic E-state index is 0.214. The predicted octanol–water partition coefficient (Wildman–Crippen LogP) is 0.341. The van der Waals surface area contributed by atoms with Gasteiger partial charge in [0.15, 0.2) is 0 Å². The highest BCUT2D eigenvalue weighted by Gasteiger charge is 2.14. The molecule has 1 unspecified atom stereocenters. The molecule has 0 aliphatic rings. The van der Waals surface area contributed by atoms with Gasteiger partial charge in [-0.2, -0.15) is 0 Å². The lowest BCUT2D eigenvalue weighted by molar-refractivity contribution is -0.141. The molecule has 0 aliphatic carbocycles. The van der Waals surface area contributed by atoms with E-state index in [1.807, 2.05) is 6.92 Å². The molecule has 0 rings (SSSR count). The Labute approximate surface area is 90.0 Å². The molecule has 5 heteroatoms. The van der Waals surface area contributed by atoms with Crippen molar-refractivity contribution in [2.24, 2.45) is 11.7 Å². The summed E-state index contributed by atoms with van der Waals surface area (Å²) < 4.78 is 0. The summed E-state index contributed by atoms with van der Waals surface area (Å²) >= 11 is 0. The summed E-state index contributed by atoms with van der Waals surface area (Å²) in [5, 5.41) is 11.0. The molecule has 88 valence electrons. The van der Waals surface area contributed by atoms with Crippen molar-refractivity contribution in [3.05, 3.63) is 0 Å². The third kappa shape index (κ3) is 6.90. The number of aliphatic carboxylic acids is 1. The lowest BCUT2D eigenvalue weighted by Crippen LogP contribution is -2.38. The van der Waals surface area contributed by atoms with Crippen molar-refractivity contribution in [1.82, 2.24) is 5.32 Å². The molecular weight excluding hydrogens is 196 g/mol. The smallest absolute Gasteiger partial charge is 0.325 e. The van der Waals surface area contributed by atoms with Crippen molar-refractivity contribution < 1.29 is 14.7 Å². The summed E-state index contributed by atoms with van der Waals surface area (Å²) in [7, 11) is 0. The number of carboxylic acid groups (broad SMARTS) is 1. The Morgan fingerprint density at radius 3 is 2.40 bits per heavy atom. The molecule has 2 atom stereocenters. The van der Waals surface area contributed by atoms with E-state index >= 15 is 0 Å². The van der Waals surface area contributed by atoms with E-state index in [0.717, 1.165) is 12.8 Å². The maximum atomic E-state index is 11.3. The van der Waals surface area contributed by atoms with Gasteiger partial charge in [-0.15, -0.1) is 0 Å². The highest BCUT2D eigenvalue weighted by atomic mass is 16.4. The van der Waals surface area contributed by atoms with Crippen LogP contribution in [0.5, 0.6) is 0 Å². The van der Waals surface area contributed by atoms with Gasteiger partial charge in [-0.3, -0.25) is 9.59 Å². The number of carbonyl (C=O) groups is 2. The van der Waals surface area contributed by atoms with Gasteiger partial charge >= 0.3 is 5.97 Å². The quantitative estimate of drug-likeness (QED) is 0.572. The van der Waals surface area contributed by atoms with E-state index in [1.54, 1.807) is 0 Å². The Morgan fingerprint density at radius 1 is 1.33 bits per heavy atom. The van der Waals surface area contributed by atoms with Crippen LogP contribution in [0.2, 0.25) is 0 Å². The SMILES string of the molecule is CC(CCN)CCC(=O)N[C@H](C)C(=O)O. The van der Waals surface area contributed by atoms with Gasteiger partial charge in [-0.25, -0.2) is 0 Å². The molecule has 5 nitrogen and oxygen atoms in total. The Hall–Kier alpha value is -1.10. The van der Waals surface area contributed by atoms with Crippen LogP contribution < -0.4 is 11.1 Å². The van der Waals surface area contributed by atoms with E-state index in [0.29, 0.717) is 18.9 Å². The third-order valence-electron chi connectivity index (χ3n) is 2.27. The van der Waals surface area contributed by atoms with Crippen LogP contribution in [0.25, 0.3) is 0 Å². The van der Waals surface area contributed by atoms with Crippen LogP contribution in [-0.2, 0) is 9.59 Å². The minimum Gasteiger partial charge on any atom is -0.480 e. The average molecular weight is 216 g/mol. The summed E-state index contributed by atoms with van der Waals surface area (Å²) in [4.78, 5) is 21.7. The second-order valence-electron chi connectivity index (χ2n) is 3.85. The molecule has 0 fully saturated rings. The minimum atomic E-state index is -1.02. The summed E-state index contributed by atoms with van der Waals surface area (Å²) in [5.74, 6) is -0.826. The third-order valence-corrected chi connectivity index (χ3v) is 2.27. The van der Waals surface area contributed by atoms with Crippen molar-refractivity contribution in [3.8, 4) is 0 Å². The number of carbonyl (C=O) groups excluding carboxylic acids is 1. The molecular formula is C10H20N2O3. The zero-order valence-corrected chi connectivity index (χ0v) is 9.32. The monoisotopic (exact) mass is 216 g/mol. The highest BCUT2D eigenvalue weighted by Crippen LogP contribution is 2.08. The second kappa shape index (κ2) is 7.23. The van der Waals surface area contributed by atoms with Crippen LogP contribution in [0, 0.1) is 5.92 Å². The lowest BCUT2D eigenvalue weighted by atomic mass is 10.0. The zero-order valence-electron chi connectivity index (χ0n) is 9.32. The normalized spacial score (nSPS) is 14.3. The van der Waals surface area contributed by atoms with E-state index in [1.165, 1.54) is 6.92 Å². The lowest BCUT2D eigenvalue weighted by Gasteiger charge is -2.11. The van der Waals surface area contributed by atoms with Gasteiger partial charge in [0.05, 0.1) is 0 Å². The first-order chi connectivity index (χ1) is 6.97. The van der Waals surface area contributed by atoms with Crippen molar-refractivity contribution in [1.29, 1.82) is 0 Å². The number of nitrogens with two attached hydrogens (primary N) is 1. The van der Waals surface area contributed by atoms with E-state index < -0.39 is 12.0 Å². The van der Waals surface area contributed by atoms with E-state index in [9.17, 15) is 9.59 Å². The van der Waals surface area contributed by atoms with Gasteiger partial charge in [-0.1, -0.05) is 6.92 Å². The predicted molar refractivity (Wildman–Crippen MR) is 57.3 cm³/mol. The standard InChI is InChI=1S/C10H20N2O3/c1-7(5-6-11)3-4-9(13)12-8(2)10(14)15/h7-8H,3-6,11H2,1-2H3,(H,12,13)(H,14,15)/t7?,8-/m1/s1. The summed E-state index contributed by atoms with van der Waals surface area (Å²) in [6, 6.07) is -0.817. The summed E-state index contributed by atoms with van der Waals surface area (Å²) in [6.07, 6.45) is 2.00. The van der Waals surface area contributed by atoms with Crippen LogP contribution in [0.4, 0.5) is 0 Å². The Balaban J connectivity index is 3.70. The molecule has 0 aromatic heterocycles. The molecule has 0 heterocycles. The number of hydrogen-bond acceptors (Lipinski definition) is 3. The van der Waals surface area contributed by atoms with Gasteiger partial charge in [0.1, 0.15) is 6.04 Å². The first-order valence-corrected chi connectivity index (χ1v) is 5.19. The number of amides is 1. The van der Waals surface area contributed by atoms with E-state index in [-0.39, 0.29) is 5.91 Å². The first kappa shape index (κ1) is 13.9. The molecule has 0 bridgehead atoms. The first-order valence-electron chi connectivity index (χ1n) is 5.19. The van der Waals surface area contributed by atoms with Gasteiger partial charge in [-0.05, 0) is 32.2 Å². The van der Waals surface area contributed by atoms with Crippen molar-refractivity contribution in [3.63, 3.8) is 0 Å². The molecule has 0 saturated heterocycles. The zero-order chi connectivity index (χ0) is 11.8. The van der Waals surface area contributed by atoms with Gasteiger partial charge < -0.3 is 16.2 Å². The number of hydrogen-bond donors (Lipinski definition) is 3. The fourth-order valence-corrected chi connectivity index (χ4v) is 1.18. The van der Waals surface area contributed by atoms with Crippen LogP contribution in [0.15, 0.2) is 0 Å². The maximum Gasteiger partial charge on any atom is 0.325 e. The van der Waals surface area contributed by atoms with Crippen LogP contribution in [0.3, 0.4) is 0 Å². The molecule has 1 amide bonds. The number of rotatable bonds is 7. The average Bonchev–Trinajstić information content (AvgIpc) is 2.15. The molecule has 0 aromatic rings. The van der Waals surface area contributed by atoms with Gasteiger partial charge in [0, 0.05) is 6.42 Å². The number of nitrogens with one attached hydrogen (secondary N) is 1. The fourth-order valence-electron chi connectivity index (χ4n) is 1.18. The largest absolute Gasteiger partial charge is 0.480 e. The molecule has 0 saturated carbocycles. The Morgan fingerprint density at radius 2 is 1.93 bits per heavy atom. The Kier molecular flexibility index (Phi) is 6.70. The summed E-state index contributed by atoms with van der Waals surface area (Å²) in [6.45, 7) is 4.10. The van der Waals surface area contributed by atoms with Crippen LogP contribution >= 0.6 is 0 Å². The van der Waals surface area contributed by atoms with Crippen LogP contribution in [0.1, 0.15) is 33.1 Å². The van der Waals surface area contributed by atoms with Crippen molar-refractivity contribution in [2.75, 3.05) is 6.54 Å². The molecule has 0 spiro atoms. The van der Waals surface area contributed by atoms with Gasteiger partial charge in [0.25, 0.3) is 0 Å². The highest BCUT2D eigenvalue weighted by molar-refractivity contribution is 5.83.